The summed E-state index contributed by atoms with van der Waals surface area (Å²) in [5.74, 6) is -0.241. The lowest BCUT2D eigenvalue weighted by atomic mass is 10.1. The maximum Gasteiger partial charge on any atom is 0.240 e. The first-order valence-electron chi connectivity index (χ1n) is 6.31. The average molecular weight is 351 g/mol. The van der Waals surface area contributed by atoms with Crippen molar-refractivity contribution < 1.29 is 13.2 Å². The molecule has 5 nitrogen and oxygen atoms in total. The lowest BCUT2D eigenvalue weighted by molar-refractivity contribution is -0.125. The van der Waals surface area contributed by atoms with Crippen LogP contribution in [0.3, 0.4) is 0 Å². The molecule has 0 spiro atoms. The van der Waals surface area contributed by atoms with Crippen LogP contribution in [0.4, 0.5) is 0 Å². The highest BCUT2D eigenvalue weighted by Gasteiger charge is 2.67. The molecule has 1 aliphatic carbocycles. The molecule has 0 saturated heterocycles. The van der Waals surface area contributed by atoms with E-state index in [0.29, 0.717) is 12.0 Å². The molecule has 1 atom stereocenters. The molecule has 1 fully saturated rings. The normalized spacial score (nSPS) is 23.6. The van der Waals surface area contributed by atoms with Crippen molar-refractivity contribution in [2.45, 2.75) is 29.1 Å². The fourth-order valence-corrected chi connectivity index (χ4v) is 3.47. The van der Waals surface area contributed by atoms with E-state index in [9.17, 15) is 13.2 Å². The van der Waals surface area contributed by atoms with E-state index >= 15 is 0 Å². The Morgan fingerprint density at radius 3 is 2.52 bits per heavy atom. The summed E-state index contributed by atoms with van der Waals surface area (Å²) < 4.78 is 24.6. The summed E-state index contributed by atoms with van der Waals surface area (Å²) in [5, 5.41) is 2.73. The van der Waals surface area contributed by atoms with Crippen LogP contribution in [0, 0.1) is 5.41 Å². The lowest BCUT2D eigenvalue weighted by Crippen LogP contribution is -2.32. The van der Waals surface area contributed by atoms with Crippen LogP contribution in [0.15, 0.2) is 29.2 Å². The molecule has 1 aliphatic rings. The SMILES string of the molecule is CNS(=O)(=O)c1cccc(CNC(=O)C2(C)CC2(Cl)Cl)c1. The van der Waals surface area contributed by atoms with Gasteiger partial charge in [-0.25, -0.2) is 13.1 Å². The molecule has 116 valence electrons. The highest BCUT2D eigenvalue weighted by Crippen LogP contribution is 2.63. The molecule has 0 heterocycles. The summed E-state index contributed by atoms with van der Waals surface area (Å²) in [7, 11) is -2.15. The summed E-state index contributed by atoms with van der Waals surface area (Å²) in [6.45, 7) is 1.91. The Morgan fingerprint density at radius 2 is 2.00 bits per heavy atom. The lowest BCUT2D eigenvalue weighted by Gasteiger charge is -2.13. The van der Waals surface area contributed by atoms with Crippen LogP contribution in [0.1, 0.15) is 18.9 Å². The van der Waals surface area contributed by atoms with Gasteiger partial charge < -0.3 is 5.32 Å². The first-order chi connectivity index (χ1) is 9.62. The second-order valence-corrected chi connectivity index (χ2v) is 8.62. The number of halogens is 2. The summed E-state index contributed by atoms with van der Waals surface area (Å²) in [4.78, 5) is 12.2. The fraction of sp³-hybridized carbons (Fsp3) is 0.462. The largest absolute Gasteiger partial charge is 0.351 e. The molecule has 1 aromatic rings. The Morgan fingerprint density at radius 1 is 1.38 bits per heavy atom. The molecule has 2 N–H and O–H groups in total. The van der Waals surface area contributed by atoms with Gasteiger partial charge in [-0.1, -0.05) is 12.1 Å². The molecule has 1 saturated carbocycles. The molecular weight excluding hydrogens is 335 g/mol. The van der Waals surface area contributed by atoms with Crippen molar-refractivity contribution in [1.29, 1.82) is 0 Å². The van der Waals surface area contributed by atoms with Crippen LogP contribution >= 0.6 is 23.2 Å². The number of carbonyl (C=O) groups is 1. The zero-order valence-corrected chi connectivity index (χ0v) is 13.9. The summed E-state index contributed by atoms with van der Waals surface area (Å²) in [6.07, 6.45) is 0.406. The number of amides is 1. The quantitative estimate of drug-likeness (QED) is 0.795. The maximum atomic E-state index is 12.0. The molecule has 0 radical (unpaired) electrons. The van der Waals surface area contributed by atoms with Crippen LogP contribution in [-0.2, 0) is 21.4 Å². The molecule has 0 bridgehead atoms. The number of alkyl halides is 2. The predicted molar refractivity (Wildman–Crippen MR) is 81.7 cm³/mol. The third kappa shape index (κ3) is 3.18. The van der Waals surface area contributed by atoms with Gasteiger partial charge in [-0.3, -0.25) is 4.79 Å². The third-order valence-corrected chi connectivity index (χ3v) is 6.20. The minimum atomic E-state index is -3.50. The number of hydrogen-bond donors (Lipinski definition) is 2. The minimum absolute atomic E-state index is 0.151. The number of rotatable bonds is 5. The number of nitrogens with one attached hydrogen (secondary N) is 2. The predicted octanol–water partition coefficient (Wildman–Crippen LogP) is 1.79. The molecule has 21 heavy (non-hydrogen) atoms. The average Bonchev–Trinajstić information content (AvgIpc) is 2.96. The van der Waals surface area contributed by atoms with Gasteiger partial charge in [-0.2, -0.15) is 0 Å². The van der Waals surface area contributed by atoms with Gasteiger partial charge in [0, 0.05) is 6.54 Å². The van der Waals surface area contributed by atoms with E-state index in [-0.39, 0.29) is 17.3 Å². The van der Waals surface area contributed by atoms with Gasteiger partial charge in [0.1, 0.15) is 4.33 Å². The van der Waals surface area contributed by atoms with Crippen molar-refractivity contribution in [3.8, 4) is 0 Å². The van der Waals surface area contributed by atoms with Crippen molar-refractivity contribution >= 4 is 39.1 Å². The highest BCUT2D eigenvalue weighted by molar-refractivity contribution is 7.89. The number of sulfonamides is 1. The van der Waals surface area contributed by atoms with Crippen molar-refractivity contribution in [1.82, 2.24) is 10.0 Å². The zero-order chi connectivity index (χ0) is 15.9. The molecule has 0 aromatic heterocycles. The van der Waals surface area contributed by atoms with E-state index in [1.165, 1.54) is 19.2 Å². The molecule has 1 aromatic carbocycles. The van der Waals surface area contributed by atoms with E-state index < -0.39 is 19.8 Å². The van der Waals surface area contributed by atoms with Crippen LogP contribution < -0.4 is 10.0 Å². The van der Waals surface area contributed by atoms with Crippen LogP contribution in [0.25, 0.3) is 0 Å². The molecular formula is C13H16Cl2N2O3S. The Labute approximate surface area is 134 Å². The van der Waals surface area contributed by atoms with Crippen LogP contribution in [-0.4, -0.2) is 25.7 Å². The van der Waals surface area contributed by atoms with Gasteiger partial charge in [-0.05, 0) is 38.1 Å². The first kappa shape index (κ1) is 16.5. The van der Waals surface area contributed by atoms with Crippen LogP contribution in [0.5, 0.6) is 0 Å². The van der Waals surface area contributed by atoms with Crippen molar-refractivity contribution in [3.63, 3.8) is 0 Å². The molecule has 8 heteroatoms. The van der Waals surface area contributed by atoms with Gasteiger partial charge in [0.05, 0.1) is 10.3 Å². The number of carbonyl (C=O) groups excluding carboxylic acids is 1. The topological polar surface area (TPSA) is 75.3 Å². The number of hydrogen-bond acceptors (Lipinski definition) is 3. The molecule has 1 unspecified atom stereocenters. The smallest absolute Gasteiger partial charge is 0.240 e. The minimum Gasteiger partial charge on any atom is -0.351 e. The van der Waals surface area contributed by atoms with Crippen molar-refractivity contribution in [3.05, 3.63) is 29.8 Å². The van der Waals surface area contributed by atoms with Crippen molar-refractivity contribution in [2.75, 3.05) is 7.05 Å². The Hall–Kier alpha value is -0.820. The molecule has 2 rings (SSSR count). The van der Waals surface area contributed by atoms with Gasteiger partial charge in [0.25, 0.3) is 0 Å². The summed E-state index contributed by atoms with van der Waals surface area (Å²) >= 11 is 11.9. The monoisotopic (exact) mass is 350 g/mol. The summed E-state index contributed by atoms with van der Waals surface area (Å²) in [6, 6.07) is 6.36. The highest BCUT2D eigenvalue weighted by atomic mass is 35.5. The van der Waals surface area contributed by atoms with Gasteiger partial charge >= 0.3 is 0 Å². The van der Waals surface area contributed by atoms with E-state index in [0.717, 1.165) is 0 Å². The number of benzene rings is 1. The Bertz CT molecular complexity index is 676. The maximum absolute atomic E-state index is 12.0. The van der Waals surface area contributed by atoms with E-state index in [1.807, 2.05) is 0 Å². The van der Waals surface area contributed by atoms with E-state index in [2.05, 4.69) is 10.0 Å². The van der Waals surface area contributed by atoms with Gasteiger partial charge in [0.2, 0.25) is 15.9 Å². The first-order valence-corrected chi connectivity index (χ1v) is 8.55. The van der Waals surface area contributed by atoms with E-state index in [1.54, 1.807) is 19.1 Å². The standard InChI is InChI=1S/C13H16Cl2N2O3S/c1-12(8-13(12,14)15)11(18)17-7-9-4-3-5-10(6-9)21(19,20)16-2/h3-6,16H,7-8H2,1-2H3,(H,17,18). The second kappa shape index (κ2) is 5.43. The summed E-state index contributed by atoms with van der Waals surface area (Å²) in [5.41, 5.74) is -0.108. The molecule has 1 amide bonds. The Kier molecular flexibility index (Phi) is 4.28. The van der Waals surface area contributed by atoms with Crippen LogP contribution in [0.2, 0.25) is 0 Å². The van der Waals surface area contributed by atoms with Gasteiger partial charge in [0.15, 0.2) is 0 Å². The fourth-order valence-electron chi connectivity index (χ4n) is 1.96. The van der Waals surface area contributed by atoms with Crippen molar-refractivity contribution in [2.24, 2.45) is 5.41 Å². The van der Waals surface area contributed by atoms with E-state index in [4.69, 9.17) is 23.2 Å². The second-order valence-electron chi connectivity index (χ2n) is 5.25. The van der Waals surface area contributed by atoms with Gasteiger partial charge in [-0.15, -0.1) is 23.2 Å². The third-order valence-electron chi connectivity index (χ3n) is 3.69. The zero-order valence-electron chi connectivity index (χ0n) is 11.6. The Balaban J connectivity index is 2.05. The molecule has 0 aliphatic heterocycles.